The summed E-state index contributed by atoms with van der Waals surface area (Å²) in [5.74, 6) is -0.909. The lowest BCUT2D eigenvalue weighted by Gasteiger charge is -2.20. The first kappa shape index (κ1) is 19.8. The summed E-state index contributed by atoms with van der Waals surface area (Å²) in [5, 5.41) is 6.62. The van der Waals surface area contributed by atoms with Crippen LogP contribution in [0.4, 0.5) is 0 Å². The molecule has 0 spiro atoms. The van der Waals surface area contributed by atoms with Gasteiger partial charge < -0.3 is 9.57 Å². The van der Waals surface area contributed by atoms with E-state index in [2.05, 4.69) is 10.5 Å². The van der Waals surface area contributed by atoms with E-state index >= 15 is 0 Å². The largest absolute Gasteiger partial charge is 0.465 e. The zero-order valence-corrected chi connectivity index (χ0v) is 14.7. The standard InChI is InChI=1S/C18H26N2O4/c1-5-23-18(22)16(12-11-15-9-7-6-8-10-15)19-14(4)17(21)24-20-13(2)3/h6-10,14,16,19H,5,11-12H2,1-4H3/t14-,16-/m0/s1. The van der Waals surface area contributed by atoms with E-state index in [-0.39, 0.29) is 5.97 Å². The molecule has 0 amide bonds. The van der Waals surface area contributed by atoms with Crippen molar-refractivity contribution in [2.24, 2.45) is 5.16 Å². The topological polar surface area (TPSA) is 77.0 Å². The number of nitrogens with one attached hydrogen (secondary N) is 1. The van der Waals surface area contributed by atoms with Gasteiger partial charge in [0.05, 0.1) is 12.3 Å². The van der Waals surface area contributed by atoms with E-state index in [1.54, 1.807) is 27.7 Å². The lowest BCUT2D eigenvalue weighted by Crippen LogP contribution is -2.47. The number of aryl methyl sites for hydroxylation is 1. The molecule has 132 valence electrons. The van der Waals surface area contributed by atoms with Crippen molar-refractivity contribution in [1.29, 1.82) is 0 Å². The van der Waals surface area contributed by atoms with Crippen molar-refractivity contribution < 1.29 is 19.2 Å². The highest BCUT2D eigenvalue weighted by molar-refractivity contribution is 5.82. The van der Waals surface area contributed by atoms with Crippen molar-refractivity contribution in [2.45, 2.75) is 52.6 Å². The summed E-state index contributed by atoms with van der Waals surface area (Å²) >= 11 is 0. The van der Waals surface area contributed by atoms with Crippen LogP contribution in [0.15, 0.2) is 35.5 Å². The quantitative estimate of drug-likeness (QED) is 0.325. The zero-order valence-electron chi connectivity index (χ0n) is 14.7. The number of nitrogens with zero attached hydrogens (tertiary/aromatic N) is 1. The van der Waals surface area contributed by atoms with E-state index in [0.29, 0.717) is 25.2 Å². The molecule has 0 saturated carbocycles. The van der Waals surface area contributed by atoms with Crippen molar-refractivity contribution >= 4 is 17.7 Å². The lowest BCUT2D eigenvalue weighted by molar-refractivity contribution is -0.149. The fourth-order valence-electron chi connectivity index (χ4n) is 2.05. The fraction of sp³-hybridized carbons (Fsp3) is 0.500. The second kappa shape index (κ2) is 10.5. The minimum Gasteiger partial charge on any atom is -0.465 e. The van der Waals surface area contributed by atoms with Gasteiger partial charge in [0.15, 0.2) is 0 Å². The Kier molecular flexibility index (Phi) is 8.71. The number of hydrogen-bond acceptors (Lipinski definition) is 6. The van der Waals surface area contributed by atoms with Crippen LogP contribution in [0, 0.1) is 0 Å². The lowest BCUT2D eigenvalue weighted by atomic mass is 10.0. The second-order valence-electron chi connectivity index (χ2n) is 5.67. The Bertz CT molecular complexity index is 553. The van der Waals surface area contributed by atoms with Gasteiger partial charge in [-0.15, -0.1) is 0 Å². The highest BCUT2D eigenvalue weighted by Crippen LogP contribution is 2.08. The van der Waals surface area contributed by atoms with Crippen molar-refractivity contribution in [2.75, 3.05) is 6.61 Å². The summed E-state index contributed by atoms with van der Waals surface area (Å²) < 4.78 is 5.09. The maximum atomic E-state index is 12.1. The molecule has 1 aromatic rings. The Morgan fingerprint density at radius 2 is 1.83 bits per heavy atom. The van der Waals surface area contributed by atoms with Gasteiger partial charge in [0.25, 0.3) is 0 Å². The second-order valence-corrected chi connectivity index (χ2v) is 5.67. The van der Waals surface area contributed by atoms with Crippen LogP contribution in [0.5, 0.6) is 0 Å². The van der Waals surface area contributed by atoms with Gasteiger partial charge in [-0.1, -0.05) is 35.5 Å². The predicted molar refractivity (Wildman–Crippen MR) is 92.7 cm³/mol. The molecular formula is C18H26N2O4. The van der Waals surface area contributed by atoms with Gasteiger partial charge in [0, 0.05) is 0 Å². The molecule has 0 unspecified atom stereocenters. The Labute approximate surface area is 143 Å². The van der Waals surface area contributed by atoms with Crippen LogP contribution in [0.1, 0.15) is 39.7 Å². The van der Waals surface area contributed by atoms with Crippen LogP contribution >= 0.6 is 0 Å². The Hall–Kier alpha value is -2.21. The van der Waals surface area contributed by atoms with Gasteiger partial charge in [0.1, 0.15) is 12.1 Å². The zero-order chi connectivity index (χ0) is 17.9. The summed E-state index contributed by atoms with van der Waals surface area (Å²) in [7, 11) is 0. The molecule has 0 aliphatic heterocycles. The molecule has 1 aromatic carbocycles. The summed E-state index contributed by atoms with van der Waals surface area (Å²) in [4.78, 5) is 28.8. The molecule has 2 atom stereocenters. The van der Waals surface area contributed by atoms with Crippen molar-refractivity contribution in [3.8, 4) is 0 Å². The summed E-state index contributed by atoms with van der Waals surface area (Å²) in [6, 6.07) is 8.59. The number of hydrogen-bond donors (Lipinski definition) is 1. The fourth-order valence-corrected chi connectivity index (χ4v) is 2.05. The molecule has 0 heterocycles. The Morgan fingerprint density at radius 1 is 1.17 bits per heavy atom. The van der Waals surface area contributed by atoms with Gasteiger partial charge >= 0.3 is 11.9 Å². The number of esters is 1. The monoisotopic (exact) mass is 334 g/mol. The molecule has 6 nitrogen and oxygen atoms in total. The van der Waals surface area contributed by atoms with Crippen LogP contribution in [-0.4, -0.2) is 36.3 Å². The maximum absolute atomic E-state index is 12.1. The van der Waals surface area contributed by atoms with Crippen LogP contribution < -0.4 is 5.32 Å². The average molecular weight is 334 g/mol. The van der Waals surface area contributed by atoms with E-state index < -0.39 is 18.1 Å². The number of carbonyl (C=O) groups excluding carboxylic acids is 2. The summed E-state index contributed by atoms with van der Waals surface area (Å²) in [6.07, 6.45) is 1.22. The van der Waals surface area contributed by atoms with Crippen molar-refractivity contribution in [1.82, 2.24) is 5.32 Å². The van der Waals surface area contributed by atoms with Crippen LogP contribution in [-0.2, 0) is 25.6 Å². The van der Waals surface area contributed by atoms with Crippen LogP contribution in [0.2, 0.25) is 0 Å². The van der Waals surface area contributed by atoms with E-state index in [9.17, 15) is 9.59 Å². The van der Waals surface area contributed by atoms with E-state index in [0.717, 1.165) is 5.56 Å². The molecule has 24 heavy (non-hydrogen) atoms. The molecule has 0 aliphatic carbocycles. The first-order valence-electron chi connectivity index (χ1n) is 8.12. The van der Waals surface area contributed by atoms with Crippen LogP contribution in [0.25, 0.3) is 0 Å². The maximum Gasteiger partial charge on any atom is 0.351 e. The number of oxime groups is 1. The Morgan fingerprint density at radius 3 is 2.42 bits per heavy atom. The van der Waals surface area contributed by atoms with Gasteiger partial charge in [-0.05, 0) is 46.1 Å². The smallest absolute Gasteiger partial charge is 0.351 e. The highest BCUT2D eigenvalue weighted by atomic mass is 16.7. The van der Waals surface area contributed by atoms with Gasteiger partial charge in [-0.2, -0.15) is 0 Å². The molecule has 0 bridgehead atoms. The SMILES string of the molecule is CCOC(=O)[C@H](CCc1ccccc1)N[C@@H](C)C(=O)ON=C(C)C. The number of rotatable bonds is 9. The van der Waals surface area contributed by atoms with Crippen molar-refractivity contribution in [3.05, 3.63) is 35.9 Å². The number of benzene rings is 1. The third-order valence-electron chi connectivity index (χ3n) is 3.26. The van der Waals surface area contributed by atoms with Gasteiger partial charge in [-0.3, -0.25) is 10.1 Å². The Balaban J connectivity index is 2.66. The molecule has 0 aromatic heterocycles. The predicted octanol–water partition coefficient (Wildman–Crippen LogP) is 2.47. The van der Waals surface area contributed by atoms with E-state index in [4.69, 9.17) is 9.57 Å². The number of ether oxygens (including phenoxy) is 1. The first-order valence-corrected chi connectivity index (χ1v) is 8.12. The molecule has 1 N–H and O–H groups in total. The minimum atomic E-state index is -0.668. The van der Waals surface area contributed by atoms with Gasteiger partial charge in [-0.25, -0.2) is 4.79 Å². The number of carbonyl (C=O) groups is 2. The molecule has 1 rings (SSSR count). The molecule has 6 heteroatoms. The van der Waals surface area contributed by atoms with Crippen LogP contribution in [0.3, 0.4) is 0 Å². The van der Waals surface area contributed by atoms with Gasteiger partial charge in [0.2, 0.25) is 0 Å². The van der Waals surface area contributed by atoms with Crippen molar-refractivity contribution in [3.63, 3.8) is 0 Å². The third kappa shape index (κ3) is 7.37. The minimum absolute atomic E-state index is 0.292. The summed E-state index contributed by atoms with van der Waals surface area (Å²) in [6.45, 7) is 7.14. The molecular weight excluding hydrogens is 308 g/mol. The molecule has 0 fully saturated rings. The highest BCUT2D eigenvalue weighted by Gasteiger charge is 2.25. The third-order valence-corrected chi connectivity index (χ3v) is 3.26. The molecule has 0 radical (unpaired) electrons. The summed E-state index contributed by atoms with van der Waals surface area (Å²) in [5.41, 5.74) is 1.76. The molecule has 0 saturated heterocycles. The normalized spacial score (nSPS) is 12.8. The van der Waals surface area contributed by atoms with E-state index in [1.807, 2.05) is 30.3 Å². The van der Waals surface area contributed by atoms with E-state index in [1.165, 1.54) is 0 Å². The average Bonchev–Trinajstić information content (AvgIpc) is 2.57. The molecule has 0 aliphatic rings. The first-order chi connectivity index (χ1) is 11.4.